The Kier molecular flexibility index (Phi) is 4.16. The summed E-state index contributed by atoms with van der Waals surface area (Å²) < 4.78 is 7.29. The van der Waals surface area contributed by atoms with Gasteiger partial charge in [0, 0.05) is 13.2 Å². The third-order valence-electron chi connectivity index (χ3n) is 3.21. The van der Waals surface area contributed by atoms with Crippen LogP contribution in [0.3, 0.4) is 0 Å². The fraction of sp³-hybridized carbons (Fsp3) is 0.429. The number of nitrogens with one attached hydrogen (secondary N) is 1. The van der Waals surface area contributed by atoms with Gasteiger partial charge in [-0.25, -0.2) is 0 Å². The highest BCUT2D eigenvalue weighted by Gasteiger charge is 2.21. The van der Waals surface area contributed by atoms with Crippen LogP contribution in [-0.2, 0) is 13.5 Å². The van der Waals surface area contributed by atoms with Crippen molar-refractivity contribution in [1.82, 2.24) is 20.1 Å². The van der Waals surface area contributed by atoms with Crippen molar-refractivity contribution in [2.45, 2.75) is 19.4 Å². The fourth-order valence-corrected chi connectivity index (χ4v) is 2.20. The van der Waals surface area contributed by atoms with Gasteiger partial charge < -0.3 is 10.1 Å². The largest absolute Gasteiger partial charge is 0.495 e. The van der Waals surface area contributed by atoms with E-state index in [1.54, 1.807) is 13.3 Å². The summed E-state index contributed by atoms with van der Waals surface area (Å²) in [5.74, 6) is 0.779. The van der Waals surface area contributed by atoms with Crippen LogP contribution < -0.4 is 10.1 Å². The van der Waals surface area contributed by atoms with Crippen LogP contribution in [0.15, 0.2) is 24.4 Å². The number of methoxy groups -OCH3 is 1. The highest BCUT2D eigenvalue weighted by Crippen LogP contribution is 2.27. The highest BCUT2D eigenvalue weighted by molar-refractivity contribution is 5.35. The van der Waals surface area contributed by atoms with E-state index in [2.05, 4.69) is 28.4 Å². The van der Waals surface area contributed by atoms with Gasteiger partial charge in [0.15, 0.2) is 0 Å². The van der Waals surface area contributed by atoms with Crippen LogP contribution >= 0.6 is 0 Å². The van der Waals surface area contributed by atoms with Crippen LogP contribution in [0.4, 0.5) is 0 Å². The quantitative estimate of drug-likeness (QED) is 0.889. The van der Waals surface area contributed by atoms with Crippen LogP contribution in [-0.4, -0.2) is 28.9 Å². The molecule has 0 saturated carbocycles. The number of hydrogen-bond donors (Lipinski definition) is 1. The normalized spacial score (nSPS) is 12.4. The molecule has 0 bridgehead atoms. The Bertz CT molecular complexity index is 550. The average Bonchev–Trinajstić information content (AvgIpc) is 2.82. The van der Waals surface area contributed by atoms with Crippen LogP contribution in [0.25, 0.3) is 0 Å². The number of hydrogen-bond acceptors (Lipinski definition) is 4. The molecule has 1 N–H and O–H groups in total. The van der Waals surface area contributed by atoms with E-state index in [4.69, 9.17) is 4.74 Å². The van der Waals surface area contributed by atoms with Crippen molar-refractivity contribution in [2.75, 3.05) is 14.2 Å². The summed E-state index contributed by atoms with van der Waals surface area (Å²) in [5, 5.41) is 7.77. The van der Waals surface area contributed by atoms with E-state index < -0.39 is 0 Å². The molecule has 0 aliphatic carbocycles. The molecule has 5 heteroatoms. The Hall–Kier alpha value is -1.88. The monoisotopic (exact) mass is 260 g/mol. The van der Waals surface area contributed by atoms with Crippen molar-refractivity contribution in [3.63, 3.8) is 0 Å². The van der Waals surface area contributed by atoms with Crippen molar-refractivity contribution < 1.29 is 4.74 Å². The summed E-state index contributed by atoms with van der Waals surface area (Å²) in [5.41, 5.74) is 3.03. The van der Waals surface area contributed by atoms with Gasteiger partial charge in [0.25, 0.3) is 0 Å². The number of aromatic nitrogens is 3. The van der Waals surface area contributed by atoms with Gasteiger partial charge in [-0.2, -0.15) is 5.10 Å². The molecule has 0 fully saturated rings. The van der Waals surface area contributed by atoms with E-state index in [0.29, 0.717) is 0 Å². The summed E-state index contributed by atoms with van der Waals surface area (Å²) in [6.45, 7) is 2.10. The van der Waals surface area contributed by atoms with Crippen molar-refractivity contribution in [1.29, 1.82) is 0 Å². The predicted octanol–water partition coefficient (Wildman–Crippen LogP) is 1.69. The molecule has 5 nitrogen and oxygen atoms in total. The summed E-state index contributed by atoms with van der Waals surface area (Å²) >= 11 is 0. The van der Waals surface area contributed by atoms with Crippen molar-refractivity contribution in [3.8, 4) is 5.75 Å². The maximum Gasteiger partial charge on any atom is 0.142 e. The molecule has 0 aliphatic rings. The molecule has 2 aromatic rings. The number of rotatable bonds is 5. The number of nitrogens with zero attached hydrogens (tertiary/aromatic N) is 3. The van der Waals surface area contributed by atoms with E-state index in [1.165, 1.54) is 0 Å². The zero-order valence-electron chi connectivity index (χ0n) is 11.8. The molecule has 1 unspecified atom stereocenters. The topological polar surface area (TPSA) is 52.0 Å². The Morgan fingerprint density at radius 3 is 2.84 bits per heavy atom. The molecule has 2 rings (SSSR count). The lowest BCUT2D eigenvalue weighted by Gasteiger charge is -2.18. The second-order valence-electron chi connectivity index (χ2n) is 4.35. The SMILES string of the molecule is CCc1cc(C(NC)c2ncccc2OC)n(C)n1. The lowest BCUT2D eigenvalue weighted by molar-refractivity contribution is 0.400. The predicted molar refractivity (Wildman–Crippen MR) is 74.3 cm³/mol. The first kappa shape index (κ1) is 13.5. The van der Waals surface area contributed by atoms with E-state index in [0.717, 1.165) is 29.3 Å². The molecular weight excluding hydrogens is 240 g/mol. The zero-order chi connectivity index (χ0) is 13.8. The van der Waals surface area contributed by atoms with Crippen molar-refractivity contribution in [2.24, 2.45) is 7.05 Å². The molecular formula is C14H20N4O. The number of pyridine rings is 1. The van der Waals surface area contributed by atoms with Crippen LogP contribution in [0.1, 0.15) is 30.0 Å². The van der Waals surface area contributed by atoms with Gasteiger partial charge in [-0.15, -0.1) is 0 Å². The molecule has 19 heavy (non-hydrogen) atoms. The number of aryl methyl sites for hydroxylation is 2. The van der Waals surface area contributed by atoms with E-state index in [9.17, 15) is 0 Å². The first-order valence-electron chi connectivity index (χ1n) is 6.40. The van der Waals surface area contributed by atoms with E-state index in [1.807, 2.05) is 30.9 Å². The van der Waals surface area contributed by atoms with Gasteiger partial charge in [-0.3, -0.25) is 9.67 Å². The lowest BCUT2D eigenvalue weighted by Crippen LogP contribution is -2.22. The van der Waals surface area contributed by atoms with Crippen molar-refractivity contribution in [3.05, 3.63) is 41.5 Å². The third-order valence-corrected chi connectivity index (χ3v) is 3.21. The summed E-state index contributed by atoms with van der Waals surface area (Å²) in [4.78, 5) is 4.44. The minimum absolute atomic E-state index is 0.0334. The average molecular weight is 260 g/mol. The minimum atomic E-state index is -0.0334. The lowest BCUT2D eigenvalue weighted by atomic mass is 10.1. The molecule has 0 aromatic carbocycles. The fourth-order valence-electron chi connectivity index (χ4n) is 2.20. The van der Waals surface area contributed by atoms with Crippen LogP contribution in [0, 0.1) is 0 Å². The van der Waals surface area contributed by atoms with Crippen molar-refractivity contribution >= 4 is 0 Å². The Balaban J connectivity index is 2.46. The number of ether oxygens (including phenoxy) is 1. The van der Waals surface area contributed by atoms with Gasteiger partial charge >= 0.3 is 0 Å². The summed E-state index contributed by atoms with van der Waals surface area (Å²) in [6, 6.07) is 5.86. The van der Waals surface area contributed by atoms with Crippen LogP contribution in [0.2, 0.25) is 0 Å². The maximum atomic E-state index is 5.39. The maximum absolute atomic E-state index is 5.39. The van der Waals surface area contributed by atoms with E-state index in [-0.39, 0.29) is 6.04 Å². The smallest absolute Gasteiger partial charge is 0.142 e. The molecule has 2 heterocycles. The van der Waals surface area contributed by atoms with Gasteiger partial charge in [0.05, 0.1) is 24.5 Å². The molecule has 0 spiro atoms. The first-order chi connectivity index (χ1) is 9.21. The Labute approximate surface area is 113 Å². The molecule has 1 atom stereocenters. The highest BCUT2D eigenvalue weighted by atomic mass is 16.5. The second kappa shape index (κ2) is 5.84. The second-order valence-corrected chi connectivity index (χ2v) is 4.35. The standard InChI is InChI=1S/C14H20N4O/c1-5-10-9-11(18(3)17-10)13(15-2)14-12(19-4)7-6-8-16-14/h6-9,13,15H,5H2,1-4H3. The summed E-state index contributed by atoms with van der Waals surface area (Å²) in [6.07, 6.45) is 2.70. The molecule has 0 radical (unpaired) electrons. The summed E-state index contributed by atoms with van der Waals surface area (Å²) in [7, 11) is 5.53. The van der Waals surface area contributed by atoms with Gasteiger partial charge in [0.1, 0.15) is 11.4 Å². The van der Waals surface area contributed by atoms with E-state index >= 15 is 0 Å². The Morgan fingerprint density at radius 1 is 1.47 bits per heavy atom. The Morgan fingerprint density at radius 2 is 2.26 bits per heavy atom. The van der Waals surface area contributed by atoms with Gasteiger partial charge in [-0.1, -0.05) is 6.92 Å². The minimum Gasteiger partial charge on any atom is -0.495 e. The molecule has 0 amide bonds. The molecule has 0 saturated heterocycles. The van der Waals surface area contributed by atoms with Gasteiger partial charge in [0.2, 0.25) is 0 Å². The molecule has 2 aromatic heterocycles. The molecule has 0 aliphatic heterocycles. The molecule has 102 valence electrons. The third kappa shape index (κ3) is 2.61. The van der Waals surface area contributed by atoms with Crippen LogP contribution in [0.5, 0.6) is 5.75 Å². The zero-order valence-corrected chi connectivity index (χ0v) is 11.8. The van der Waals surface area contributed by atoms with Gasteiger partial charge in [-0.05, 0) is 31.7 Å². The first-order valence-corrected chi connectivity index (χ1v) is 6.40.